The van der Waals surface area contributed by atoms with Gasteiger partial charge in [0, 0.05) is 0 Å². The van der Waals surface area contributed by atoms with Crippen LogP contribution in [0.5, 0.6) is 5.75 Å². The monoisotopic (exact) mass is 531 g/mol. The third-order valence-electron chi connectivity index (χ3n) is 6.33. The summed E-state index contributed by atoms with van der Waals surface area (Å²) in [5.41, 5.74) is 3.11. The SMILES string of the molecule is [C-]#[N+]c1ccc(-n2nc(C)c3c(=N)n(/N=C/c4ccc(OC5OC(CO)C(O)C(O)C5O)cc4)cnc32)cc1. The number of rotatable bonds is 6. The predicted molar refractivity (Wildman–Crippen MR) is 138 cm³/mol. The largest absolute Gasteiger partial charge is 0.462 e. The molecule has 1 fully saturated rings. The smallest absolute Gasteiger partial charge is 0.229 e. The van der Waals surface area contributed by atoms with Gasteiger partial charge in [-0.1, -0.05) is 12.1 Å². The molecule has 13 nitrogen and oxygen atoms in total. The van der Waals surface area contributed by atoms with Crippen molar-refractivity contribution in [1.29, 1.82) is 5.41 Å². The van der Waals surface area contributed by atoms with Crippen molar-refractivity contribution >= 4 is 22.9 Å². The molecule has 0 saturated carbocycles. The summed E-state index contributed by atoms with van der Waals surface area (Å²) in [4.78, 5) is 7.86. The van der Waals surface area contributed by atoms with Crippen LogP contribution in [0.1, 0.15) is 11.3 Å². The molecule has 0 spiro atoms. The molecule has 3 heterocycles. The van der Waals surface area contributed by atoms with Gasteiger partial charge in [0.15, 0.2) is 16.8 Å². The molecule has 5 unspecified atom stereocenters. The van der Waals surface area contributed by atoms with Crippen LogP contribution >= 0.6 is 0 Å². The van der Waals surface area contributed by atoms with Crippen molar-refractivity contribution in [3.63, 3.8) is 0 Å². The molecule has 1 aliphatic rings. The molecule has 1 aliphatic heterocycles. The Morgan fingerprint density at radius 2 is 1.82 bits per heavy atom. The first-order valence-electron chi connectivity index (χ1n) is 11.9. The summed E-state index contributed by atoms with van der Waals surface area (Å²) in [6, 6.07) is 13.5. The second kappa shape index (κ2) is 10.7. The molecule has 0 aliphatic carbocycles. The molecule has 39 heavy (non-hydrogen) atoms. The fraction of sp³-hybridized carbons (Fsp3) is 0.269. The number of fused-ring (bicyclic) bond motifs is 1. The normalized spacial score (nSPS) is 23.2. The Balaban J connectivity index is 1.33. The molecule has 13 heteroatoms. The van der Waals surface area contributed by atoms with Crippen molar-refractivity contribution in [1.82, 2.24) is 19.4 Å². The molecular weight excluding hydrogens is 506 g/mol. The van der Waals surface area contributed by atoms with E-state index in [1.165, 1.54) is 17.2 Å². The lowest BCUT2D eigenvalue weighted by atomic mass is 9.99. The van der Waals surface area contributed by atoms with Crippen molar-refractivity contribution in [2.75, 3.05) is 6.61 Å². The van der Waals surface area contributed by atoms with Crippen LogP contribution in [0, 0.1) is 18.9 Å². The lowest BCUT2D eigenvalue weighted by Gasteiger charge is -2.39. The van der Waals surface area contributed by atoms with Crippen LogP contribution in [-0.2, 0) is 4.74 Å². The van der Waals surface area contributed by atoms with Crippen LogP contribution in [0.2, 0.25) is 0 Å². The van der Waals surface area contributed by atoms with Gasteiger partial charge in [0.1, 0.15) is 36.5 Å². The molecule has 2 aromatic carbocycles. The fourth-order valence-electron chi connectivity index (χ4n) is 4.19. The zero-order valence-electron chi connectivity index (χ0n) is 20.7. The third-order valence-corrected chi connectivity index (χ3v) is 6.33. The standard InChI is InChI=1S/C26H25N7O6/c1-14-20-24(27)32(13-29-25(20)33(31-14)17-7-5-16(28-2)6-8-17)30-11-15-3-9-18(10-4-15)38-26-23(37)22(36)21(35)19(12-34)39-26/h3-11,13,19,21-23,26-27,34-37H,12H2,1H3/b27-24?,30-11+. The molecule has 0 amide bonds. The van der Waals surface area contributed by atoms with Crippen molar-refractivity contribution in [3.05, 3.63) is 83.0 Å². The number of ether oxygens (including phenoxy) is 2. The fourth-order valence-corrected chi connectivity index (χ4v) is 4.19. The highest BCUT2D eigenvalue weighted by atomic mass is 16.7. The second-order valence-corrected chi connectivity index (χ2v) is 8.89. The van der Waals surface area contributed by atoms with Crippen LogP contribution in [0.25, 0.3) is 21.6 Å². The number of aryl methyl sites for hydroxylation is 1. The number of aliphatic hydroxyl groups is 4. The van der Waals surface area contributed by atoms with E-state index in [1.807, 2.05) is 0 Å². The minimum absolute atomic E-state index is 0.0975. The third kappa shape index (κ3) is 5.02. The van der Waals surface area contributed by atoms with Crippen molar-refractivity contribution in [3.8, 4) is 11.4 Å². The first-order chi connectivity index (χ1) is 18.8. The molecule has 1 saturated heterocycles. The second-order valence-electron chi connectivity index (χ2n) is 8.89. The summed E-state index contributed by atoms with van der Waals surface area (Å²) in [6.07, 6.45) is -3.90. The highest BCUT2D eigenvalue weighted by Gasteiger charge is 2.44. The van der Waals surface area contributed by atoms with E-state index in [9.17, 15) is 20.4 Å². The van der Waals surface area contributed by atoms with Crippen LogP contribution in [0.15, 0.2) is 60.0 Å². The van der Waals surface area contributed by atoms with Gasteiger partial charge in [-0.15, -0.1) is 0 Å². The minimum atomic E-state index is -1.53. The number of nitrogens with zero attached hydrogens (tertiary/aromatic N) is 6. The quantitative estimate of drug-likeness (QED) is 0.178. The first kappa shape index (κ1) is 26.2. The molecule has 0 bridgehead atoms. The lowest BCUT2D eigenvalue weighted by Crippen LogP contribution is -2.60. The molecule has 200 valence electrons. The molecule has 5 N–H and O–H groups in total. The maximum absolute atomic E-state index is 10.1. The van der Waals surface area contributed by atoms with Crippen LogP contribution in [0.3, 0.4) is 0 Å². The van der Waals surface area contributed by atoms with Crippen molar-refractivity contribution in [2.24, 2.45) is 5.10 Å². The van der Waals surface area contributed by atoms with Gasteiger partial charge in [0.05, 0.1) is 36.2 Å². The number of hydrogen-bond donors (Lipinski definition) is 5. The summed E-state index contributed by atoms with van der Waals surface area (Å²) in [7, 11) is 0. The summed E-state index contributed by atoms with van der Waals surface area (Å²) in [6.45, 7) is 8.35. The molecule has 2 aromatic heterocycles. The van der Waals surface area contributed by atoms with E-state index < -0.39 is 37.3 Å². The summed E-state index contributed by atoms with van der Waals surface area (Å²) < 4.78 is 13.9. The van der Waals surface area contributed by atoms with E-state index >= 15 is 0 Å². The molecule has 4 aromatic rings. The summed E-state index contributed by atoms with van der Waals surface area (Å²) >= 11 is 0. The first-order valence-corrected chi connectivity index (χ1v) is 11.9. The van der Waals surface area contributed by atoms with Crippen LogP contribution in [-0.4, -0.2) is 83.4 Å². The van der Waals surface area contributed by atoms with Gasteiger partial charge in [0.2, 0.25) is 6.29 Å². The topological polar surface area (TPSA) is 176 Å². The van der Waals surface area contributed by atoms with Crippen molar-refractivity contribution < 1.29 is 29.9 Å². The maximum atomic E-state index is 10.1. The lowest BCUT2D eigenvalue weighted by molar-refractivity contribution is -0.277. The number of nitrogens with one attached hydrogen (secondary N) is 1. The Bertz CT molecular complexity index is 1610. The van der Waals surface area contributed by atoms with Gasteiger partial charge in [-0.2, -0.15) is 10.2 Å². The van der Waals surface area contributed by atoms with E-state index in [4.69, 9.17) is 21.5 Å². The minimum Gasteiger partial charge on any atom is -0.462 e. The van der Waals surface area contributed by atoms with Gasteiger partial charge < -0.3 is 29.9 Å². The number of aromatic nitrogens is 4. The van der Waals surface area contributed by atoms with E-state index in [0.29, 0.717) is 33.7 Å². The zero-order chi connectivity index (χ0) is 27.7. The van der Waals surface area contributed by atoms with E-state index in [0.717, 1.165) is 5.69 Å². The van der Waals surface area contributed by atoms with Crippen molar-refractivity contribution in [2.45, 2.75) is 37.6 Å². The average Bonchev–Trinajstić information content (AvgIpc) is 3.30. The Morgan fingerprint density at radius 3 is 2.49 bits per heavy atom. The van der Waals surface area contributed by atoms with Gasteiger partial charge in [-0.3, -0.25) is 5.41 Å². The van der Waals surface area contributed by atoms with Gasteiger partial charge in [-0.25, -0.2) is 19.2 Å². The number of aliphatic hydroxyl groups excluding tert-OH is 4. The summed E-state index contributed by atoms with van der Waals surface area (Å²) in [5, 5.41) is 57.3. The molecule has 5 atom stereocenters. The van der Waals surface area contributed by atoms with E-state index in [2.05, 4.69) is 20.0 Å². The Kier molecular flexibility index (Phi) is 7.20. The highest BCUT2D eigenvalue weighted by molar-refractivity contribution is 5.80. The predicted octanol–water partition coefficient (Wildman–Crippen LogP) is 0.622. The summed E-state index contributed by atoms with van der Waals surface area (Å²) in [5.74, 6) is 0.320. The van der Waals surface area contributed by atoms with E-state index in [1.54, 1.807) is 60.1 Å². The maximum Gasteiger partial charge on any atom is 0.229 e. The Hall–Kier alpha value is -4.45. The molecular formula is C26H25N7O6. The molecule has 5 rings (SSSR count). The van der Waals surface area contributed by atoms with Gasteiger partial charge in [-0.05, 0) is 48.9 Å². The van der Waals surface area contributed by atoms with Crippen LogP contribution < -0.4 is 10.2 Å². The average molecular weight is 532 g/mol. The highest BCUT2D eigenvalue weighted by Crippen LogP contribution is 2.24. The Morgan fingerprint density at radius 1 is 1.10 bits per heavy atom. The number of hydrogen-bond acceptors (Lipinski definition) is 10. The van der Waals surface area contributed by atoms with Gasteiger partial charge in [0.25, 0.3) is 0 Å². The zero-order valence-corrected chi connectivity index (χ0v) is 20.7. The Labute approximate surface area is 221 Å². The van der Waals surface area contributed by atoms with Crippen LogP contribution in [0.4, 0.5) is 5.69 Å². The number of benzene rings is 2. The molecule has 0 radical (unpaired) electrons. The van der Waals surface area contributed by atoms with E-state index in [-0.39, 0.29) is 5.49 Å². The van der Waals surface area contributed by atoms with Gasteiger partial charge >= 0.3 is 0 Å².